The van der Waals surface area contributed by atoms with Crippen LogP contribution in [-0.2, 0) is 0 Å². The van der Waals surface area contributed by atoms with Crippen LogP contribution in [-0.4, -0.2) is 36.6 Å². The van der Waals surface area contributed by atoms with Crippen molar-refractivity contribution in [1.82, 2.24) is 10.3 Å². The Balaban J connectivity index is 0.00000180. The summed E-state index contributed by atoms with van der Waals surface area (Å²) in [5, 5.41) is 14.3. The number of nitro groups is 1. The average Bonchev–Trinajstić information content (AvgIpc) is 2.40. The summed E-state index contributed by atoms with van der Waals surface area (Å²) in [5.74, 6) is 0.985. The van der Waals surface area contributed by atoms with Gasteiger partial charge in [-0.2, -0.15) is 0 Å². The van der Waals surface area contributed by atoms with Gasteiger partial charge in [-0.05, 0) is 37.9 Å². The van der Waals surface area contributed by atoms with Crippen LogP contribution in [0.2, 0.25) is 0 Å². The van der Waals surface area contributed by atoms with Gasteiger partial charge in [-0.15, -0.1) is 12.4 Å². The topological polar surface area (TPSA) is 71.3 Å². The maximum atomic E-state index is 10.9. The quantitative estimate of drug-likeness (QED) is 0.675. The molecule has 1 aromatic heterocycles. The molecule has 0 radical (unpaired) electrons. The van der Waals surface area contributed by atoms with Gasteiger partial charge < -0.3 is 10.2 Å². The second-order valence-corrected chi connectivity index (χ2v) is 4.70. The van der Waals surface area contributed by atoms with Crippen LogP contribution in [0, 0.1) is 16.0 Å². The highest BCUT2D eigenvalue weighted by Crippen LogP contribution is 2.25. The normalized spacial score (nSPS) is 18.5. The summed E-state index contributed by atoms with van der Waals surface area (Å²) >= 11 is 0. The van der Waals surface area contributed by atoms with E-state index in [0.29, 0.717) is 11.7 Å². The second kappa shape index (κ2) is 7.25. The first-order valence-corrected chi connectivity index (χ1v) is 6.19. The summed E-state index contributed by atoms with van der Waals surface area (Å²) in [6, 6.07) is 3.09. The van der Waals surface area contributed by atoms with Gasteiger partial charge in [0.1, 0.15) is 0 Å². The summed E-state index contributed by atoms with van der Waals surface area (Å²) < 4.78 is 0. The molecule has 1 N–H and O–H groups in total. The minimum Gasteiger partial charge on any atom is -0.354 e. The van der Waals surface area contributed by atoms with Crippen LogP contribution in [0.4, 0.5) is 11.5 Å². The van der Waals surface area contributed by atoms with Gasteiger partial charge in [-0.1, -0.05) is 0 Å². The third-order valence-corrected chi connectivity index (χ3v) is 3.26. The third-order valence-electron chi connectivity index (χ3n) is 3.26. The summed E-state index contributed by atoms with van der Waals surface area (Å²) in [5.41, 5.74) is 0.0729. The van der Waals surface area contributed by atoms with E-state index >= 15 is 0 Å². The molecular formula is C12H19ClN4O2. The zero-order valence-corrected chi connectivity index (χ0v) is 11.7. The van der Waals surface area contributed by atoms with Gasteiger partial charge in [0.05, 0.1) is 4.92 Å². The van der Waals surface area contributed by atoms with E-state index in [1.54, 1.807) is 12.3 Å². The molecule has 0 amide bonds. The Labute approximate surface area is 118 Å². The van der Waals surface area contributed by atoms with Gasteiger partial charge >= 0.3 is 5.69 Å². The van der Waals surface area contributed by atoms with E-state index in [1.807, 2.05) is 11.9 Å². The van der Waals surface area contributed by atoms with Crippen molar-refractivity contribution in [3.8, 4) is 0 Å². The smallest absolute Gasteiger partial charge is 0.311 e. The van der Waals surface area contributed by atoms with Crippen molar-refractivity contribution in [2.24, 2.45) is 5.92 Å². The monoisotopic (exact) mass is 286 g/mol. The number of pyridine rings is 1. The maximum Gasteiger partial charge on any atom is 0.311 e. The van der Waals surface area contributed by atoms with Crippen LogP contribution < -0.4 is 10.2 Å². The van der Waals surface area contributed by atoms with Crippen LogP contribution in [0.3, 0.4) is 0 Å². The molecule has 0 bridgehead atoms. The number of aromatic nitrogens is 1. The number of nitrogens with one attached hydrogen (secondary N) is 1. The molecule has 106 valence electrons. The van der Waals surface area contributed by atoms with Crippen LogP contribution >= 0.6 is 12.4 Å². The van der Waals surface area contributed by atoms with E-state index in [9.17, 15) is 10.1 Å². The first-order chi connectivity index (χ1) is 8.68. The lowest BCUT2D eigenvalue weighted by atomic mass is 9.99. The number of halogens is 1. The molecule has 1 aliphatic rings. The Morgan fingerprint density at radius 2 is 2.42 bits per heavy atom. The molecule has 1 saturated heterocycles. The number of piperidine rings is 1. The Kier molecular flexibility index (Phi) is 5.98. The molecule has 0 spiro atoms. The van der Waals surface area contributed by atoms with Crippen molar-refractivity contribution in [3.05, 3.63) is 28.4 Å². The van der Waals surface area contributed by atoms with Gasteiger partial charge in [0, 0.05) is 25.9 Å². The number of hydrogen-bond acceptors (Lipinski definition) is 5. The van der Waals surface area contributed by atoms with Crippen molar-refractivity contribution in [2.75, 3.05) is 31.6 Å². The highest BCUT2D eigenvalue weighted by atomic mass is 35.5. The van der Waals surface area contributed by atoms with Crippen molar-refractivity contribution >= 4 is 23.9 Å². The van der Waals surface area contributed by atoms with Crippen molar-refractivity contribution < 1.29 is 4.92 Å². The minimum atomic E-state index is -0.377. The molecule has 6 nitrogen and oxygen atoms in total. The third kappa shape index (κ3) is 4.04. The van der Waals surface area contributed by atoms with Gasteiger partial charge in [-0.3, -0.25) is 10.1 Å². The Hall–Kier alpha value is -1.40. The molecule has 1 fully saturated rings. The molecule has 1 aromatic rings. The highest BCUT2D eigenvalue weighted by Gasteiger charge is 2.21. The van der Waals surface area contributed by atoms with E-state index in [2.05, 4.69) is 10.3 Å². The lowest BCUT2D eigenvalue weighted by Gasteiger charge is -2.27. The average molecular weight is 287 g/mol. The molecule has 19 heavy (non-hydrogen) atoms. The lowest BCUT2D eigenvalue weighted by Crippen LogP contribution is -2.37. The zero-order chi connectivity index (χ0) is 13.0. The van der Waals surface area contributed by atoms with Gasteiger partial charge in [0.15, 0.2) is 0 Å². The Morgan fingerprint density at radius 3 is 3.05 bits per heavy atom. The maximum absolute atomic E-state index is 10.9. The van der Waals surface area contributed by atoms with Crippen molar-refractivity contribution in [2.45, 2.75) is 12.8 Å². The summed E-state index contributed by atoms with van der Waals surface area (Å²) in [6.45, 7) is 2.85. The lowest BCUT2D eigenvalue weighted by molar-refractivity contribution is -0.384. The van der Waals surface area contributed by atoms with Gasteiger partial charge in [0.2, 0.25) is 5.82 Å². The molecule has 2 rings (SSSR count). The molecule has 7 heteroatoms. The van der Waals surface area contributed by atoms with Crippen LogP contribution in [0.25, 0.3) is 0 Å². The van der Waals surface area contributed by atoms with E-state index in [4.69, 9.17) is 0 Å². The number of nitrogens with zero attached hydrogens (tertiary/aromatic N) is 3. The van der Waals surface area contributed by atoms with Gasteiger partial charge in [-0.25, -0.2) is 4.98 Å². The molecule has 1 unspecified atom stereocenters. The first kappa shape index (κ1) is 15.7. The molecule has 1 atom stereocenters. The van der Waals surface area contributed by atoms with Crippen LogP contribution in [0.1, 0.15) is 12.8 Å². The van der Waals surface area contributed by atoms with E-state index in [1.165, 1.54) is 12.5 Å². The molecular weight excluding hydrogens is 268 g/mol. The van der Waals surface area contributed by atoms with Crippen molar-refractivity contribution in [1.29, 1.82) is 0 Å². The largest absolute Gasteiger partial charge is 0.354 e. The zero-order valence-electron chi connectivity index (χ0n) is 10.9. The highest BCUT2D eigenvalue weighted by molar-refractivity contribution is 5.85. The second-order valence-electron chi connectivity index (χ2n) is 4.70. The standard InChI is InChI=1S/C12H18N4O2.ClH/c1-15(9-10-4-2-6-13-8-10)12-11(16(17)18)5-3-7-14-12;/h3,5,7,10,13H,2,4,6,8-9H2,1H3;1H. The predicted molar refractivity (Wildman–Crippen MR) is 77.0 cm³/mol. The predicted octanol–water partition coefficient (Wildman–Crippen LogP) is 1.85. The molecule has 0 aromatic carbocycles. The van der Waals surface area contributed by atoms with Crippen molar-refractivity contribution in [3.63, 3.8) is 0 Å². The fourth-order valence-corrected chi connectivity index (χ4v) is 2.38. The van der Waals surface area contributed by atoms with Gasteiger partial charge in [0.25, 0.3) is 0 Å². The fraction of sp³-hybridized carbons (Fsp3) is 0.583. The molecule has 2 heterocycles. The summed E-state index contributed by atoms with van der Waals surface area (Å²) in [6.07, 6.45) is 3.93. The summed E-state index contributed by atoms with van der Waals surface area (Å²) in [4.78, 5) is 16.6. The van der Waals surface area contributed by atoms with E-state index in [0.717, 1.165) is 26.1 Å². The molecule has 0 aliphatic carbocycles. The van der Waals surface area contributed by atoms with E-state index < -0.39 is 0 Å². The van der Waals surface area contributed by atoms with Crippen LogP contribution in [0.15, 0.2) is 18.3 Å². The summed E-state index contributed by atoms with van der Waals surface area (Å²) in [7, 11) is 1.87. The Morgan fingerprint density at radius 1 is 1.63 bits per heavy atom. The first-order valence-electron chi connectivity index (χ1n) is 6.19. The van der Waals surface area contributed by atoms with Crippen LogP contribution in [0.5, 0.6) is 0 Å². The number of rotatable bonds is 4. The fourth-order valence-electron chi connectivity index (χ4n) is 2.38. The van der Waals surface area contributed by atoms with E-state index in [-0.39, 0.29) is 23.0 Å². The molecule has 0 saturated carbocycles. The number of hydrogen-bond donors (Lipinski definition) is 1. The number of anilines is 1. The Bertz CT molecular complexity index is 424. The SMILES string of the molecule is CN(CC1CCCNC1)c1ncccc1[N+](=O)[O-].Cl. The molecule has 1 aliphatic heterocycles. The minimum absolute atomic E-state index is 0.